The third-order valence-electron chi connectivity index (χ3n) is 5.47. The smallest absolute Gasteiger partial charge is 0.416 e. The Labute approximate surface area is 191 Å². The largest absolute Gasteiger partial charge is 0.492 e. The first kappa shape index (κ1) is 24.9. The molecule has 1 N–H and O–H groups in total. The number of nitrogens with one attached hydrogen (secondary N) is 1. The molecular weight excluding hydrogens is 437 g/mol. The summed E-state index contributed by atoms with van der Waals surface area (Å²) in [6.45, 7) is 2.98. The van der Waals surface area contributed by atoms with Gasteiger partial charge in [-0.3, -0.25) is 9.69 Å². The van der Waals surface area contributed by atoms with E-state index in [1.807, 2.05) is 24.3 Å². The molecule has 0 radical (unpaired) electrons. The van der Waals surface area contributed by atoms with Crippen molar-refractivity contribution in [1.29, 1.82) is 0 Å². The number of carbonyl (C=O) groups is 1. The van der Waals surface area contributed by atoms with Crippen LogP contribution in [-0.2, 0) is 22.3 Å². The molecule has 2 aromatic rings. The number of amides is 1. The number of alkyl halides is 3. The van der Waals surface area contributed by atoms with E-state index < -0.39 is 11.7 Å². The fraction of sp³-hybridized carbons (Fsp3) is 0.458. The van der Waals surface area contributed by atoms with E-state index in [9.17, 15) is 18.0 Å². The van der Waals surface area contributed by atoms with Crippen LogP contribution >= 0.6 is 0 Å². The van der Waals surface area contributed by atoms with Crippen molar-refractivity contribution < 1.29 is 32.2 Å². The van der Waals surface area contributed by atoms with Crippen molar-refractivity contribution in [3.63, 3.8) is 0 Å². The summed E-state index contributed by atoms with van der Waals surface area (Å²) in [6, 6.07) is 12.2. The number of hydrogen-bond acceptors (Lipinski definition) is 5. The van der Waals surface area contributed by atoms with Gasteiger partial charge in [0.05, 0.1) is 5.56 Å². The van der Waals surface area contributed by atoms with Gasteiger partial charge in [0.15, 0.2) is 6.61 Å². The predicted octanol–water partition coefficient (Wildman–Crippen LogP) is 3.89. The molecule has 2 aromatic carbocycles. The Morgan fingerprint density at radius 2 is 1.82 bits per heavy atom. The summed E-state index contributed by atoms with van der Waals surface area (Å²) in [5.74, 6) is 0.543. The zero-order valence-electron chi connectivity index (χ0n) is 18.6. The van der Waals surface area contributed by atoms with Crippen molar-refractivity contribution in [2.75, 3.05) is 40.0 Å². The lowest BCUT2D eigenvalue weighted by Gasteiger charge is -2.31. The Balaban J connectivity index is 1.37. The first-order chi connectivity index (χ1) is 15.8. The van der Waals surface area contributed by atoms with Crippen LogP contribution in [0, 0.1) is 0 Å². The highest BCUT2D eigenvalue weighted by atomic mass is 19.4. The van der Waals surface area contributed by atoms with Crippen molar-refractivity contribution in [3.8, 4) is 11.5 Å². The lowest BCUT2D eigenvalue weighted by atomic mass is 10.1. The maximum atomic E-state index is 12.6. The van der Waals surface area contributed by atoms with Crippen molar-refractivity contribution in [3.05, 3.63) is 59.7 Å². The molecule has 1 aliphatic heterocycles. The molecule has 1 amide bonds. The molecular formula is C24H29F3N2O4. The lowest BCUT2D eigenvalue weighted by molar-refractivity contribution is -0.137. The van der Waals surface area contributed by atoms with Gasteiger partial charge >= 0.3 is 6.18 Å². The van der Waals surface area contributed by atoms with E-state index >= 15 is 0 Å². The lowest BCUT2D eigenvalue weighted by Crippen LogP contribution is -2.38. The van der Waals surface area contributed by atoms with Crippen LogP contribution in [0.5, 0.6) is 11.5 Å². The highest BCUT2D eigenvalue weighted by Crippen LogP contribution is 2.30. The minimum Gasteiger partial charge on any atom is -0.492 e. The Morgan fingerprint density at radius 1 is 1.09 bits per heavy atom. The highest BCUT2D eigenvalue weighted by molar-refractivity contribution is 5.77. The molecule has 180 valence electrons. The van der Waals surface area contributed by atoms with E-state index in [2.05, 4.69) is 17.3 Å². The summed E-state index contributed by atoms with van der Waals surface area (Å²) in [4.78, 5) is 14.3. The van der Waals surface area contributed by atoms with Gasteiger partial charge in [-0.2, -0.15) is 13.2 Å². The molecule has 0 saturated carbocycles. The monoisotopic (exact) mass is 466 g/mol. The number of hydrogen-bond donors (Lipinski definition) is 1. The van der Waals surface area contributed by atoms with Gasteiger partial charge in [-0.15, -0.1) is 0 Å². The first-order valence-corrected chi connectivity index (χ1v) is 10.9. The second-order valence-electron chi connectivity index (χ2n) is 7.91. The van der Waals surface area contributed by atoms with E-state index in [1.165, 1.54) is 12.1 Å². The van der Waals surface area contributed by atoms with Gasteiger partial charge in [-0.1, -0.05) is 12.1 Å². The molecule has 0 atom stereocenters. The number of ether oxygens (including phenoxy) is 3. The Bertz CT molecular complexity index is 884. The molecule has 1 aliphatic rings. The fourth-order valence-corrected chi connectivity index (χ4v) is 3.50. The summed E-state index contributed by atoms with van der Waals surface area (Å²) >= 11 is 0. The maximum absolute atomic E-state index is 12.6. The molecule has 0 unspecified atom stereocenters. The van der Waals surface area contributed by atoms with E-state index in [1.54, 1.807) is 0 Å². The summed E-state index contributed by atoms with van der Waals surface area (Å²) in [5.41, 5.74) is 0.102. The van der Waals surface area contributed by atoms with Crippen LogP contribution in [0.4, 0.5) is 13.2 Å². The van der Waals surface area contributed by atoms with Gasteiger partial charge in [0.1, 0.15) is 18.1 Å². The normalized spacial score (nSPS) is 14.8. The highest BCUT2D eigenvalue weighted by Gasteiger charge is 2.30. The van der Waals surface area contributed by atoms with Crippen LogP contribution in [0.3, 0.4) is 0 Å². The molecule has 9 heteroatoms. The summed E-state index contributed by atoms with van der Waals surface area (Å²) in [5, 5.41) is 2.73. The van der Waals surface area contributed by atoms with Gasteiger partial charge in [-0.05, 0) is 61.9 Å². The van der Waals surface area contributed by atoms with Gasteiger partial charge in [0.2, 0.25) is 0 Å². The van der Waals surface area contributed by atoms with Gasteiger partial charge in [0.25, 0.3) is 5.91 Å². The Morgan fingerprint density at radius 3 is 2.52 bits per heavy atom. The summed E-state index contributed by atoms with van der Waals surface area (Å²) in [7, 11) is 2.10. The standard InChI is InChI=1S/C24H29F3N2O4/c1-29(20-9-12-31-13-10-20)11-14-32-22-4-2-3-18(15-22)16-28-23(30)17-33-21-7-5-19(6-8-21)24(25,26)27/h2-8,15,20H,9-14,16-17H2,1H3,(H,28,30). The number of benzene rings is 2. The SMILES string of the molecule is CN(CCOc1cccc(CNC(=O)COc2ccc(C(F)(F)F)cc2)c1)C1CCOCC1. The van der Waals surface area contributed by atoms with E-state index in [4.69, 9.17) is 14.2 Å². The maximum Gasteiger partial charge on any atom is 0.416 e. The predicted molar refractivity (Wildman–Crippen MR) is 117 cm³/mol. The van der Waals surface area contributed by atoms with E-state index in [0.717, 1.165) is 56.0 Å². The van der Waals surface area contributed by atoms with Crippen LogP contribution in [-0.4, -0.2) is 56.9 Å². The Hall–Kier alpha value is -2.78. The zero-order chi connectivity index (χ0) is 23.7. The molecule has 6 nitrogen and oxygen atoms in total. The summed E-state index contributed by atoms with van der Waals surface area (Å²) < 4.78 is 54.3. The number of carbonyl (C=O) groups excluding carboxylic acids is 1. The van der Waals surface area contributed by atoms with Gasteiger partial charge < -0.3 is 19.5 Å². The summed E-state index contributed by atoms with van der Waals surface area (Å²) in [6.07, 6.45) is -2.34. The number of halogens is 3. The number of likely N-dealkylation sites (N-methyl/N-ethyl adjacent to an activating group) is 1. The van der Waals surface area contributed by atoms with Crippen LogP contribution < -0.4 is 14.8 Å². The molecule has 0 spiro atoms. The minimum absolute atomic E-state index is 0.194. The minimum atomic E-state index is -4.41. The van der Waals surface area contributed by atoms with Crippen LogP contribution in [0.2, 0.25) is 0 Å². The van der Waals surface area contributed by atoms with Crippen molar-refractivity contribution in [1.82, 2.24) is 10.2 Å². The zero-order valence-corrected chi connectivity index (χ0v) is 18.6. The molecule has 1 saturated heterocycles. The second-order valence-corrected chi connectivity index (χ2v) is 7.91. The van der Waals surface area contributed by atoms with Crippen LogP contribution in [0.15, 0.2) is 48.5 Å². The third-order valence-corrected chi connectivity index (χ3v) is 5.47. The van der Waals surface area contributed by atoms with Gasteiger partial charge in [-0.25, -0.2) is 0 Å². The molecule has 0 aromatic heterocycles. The molecule has 0 bridgehead atoms. The molecule has 3 rings (SSSR count). The topological polar surface area (TPSA) is 60.0 Å². The molecule has 1 heterocycles. The third kappa shape index (κ3) is 8.25. The second kappa shape index (κ2) is 11.9. The molecule has 0 aliphatic carbocycles. The first-order valence-electron chi connectivity index (χ1n) is 10.9. The molecule has 1 fully saturated rings. The van der Waals surface area contributed by atoms with Crippen molar-refractivity contribution >= 4 is 5.91 Å². The van der Waals surface area contributed by atoms with Crippen LogP contribution in [0.25, 0.3) is 0 Å². The number of nitrogens with zero attached hydrogens (tertiary/aromatic N) is 1. The fourth-order valence-electron chi connectivity index (χ4n) is 3.50. The molecule has 33 heavy (non-hydrogen) atoms. The average Bonchev–Trinajstić information content (AvgIpc) is 2.82. The van der Waals surface area contributed by atoms with Crippen molar-refractivity contribution in [2.24, 2.45) is 0 Å². The van der Waals surface area contributed by atoms with E-state index in [-0.39, 0.29) is 24.8 Å². The van der Waals surface area contributed by atoms with Gasteiger partial charge in [0, 0.05) is 32.3 Å². The number of rotatable bonds is 10. The van der Waals surface area contributed by atoms with Crippen LogP contribution in [0.1, 0.15) is 24.0 Å². The van der Waals surface area contributed by atoms with Crippen molar-refractivity contribution in [2.45, 2.75) is 31.6 Å². The Kier molecular flexibility index (Phi) is 8.96. The average molecular weight is 467 g/mol. The quantitative estimate of drug-likeness (QED) is 0.576. The van der Waals surface area contributed by atoms with E-state index in [0.29, 0.717) is 12.6 Å².